The van der Waals surface area contributed by atoms with Crippen LogP contribution in [0.5, 0.6) is 0 Å². The highest BCUT2D eigenvalue weighted by atomic mass is 16.5. The van der Waals surface area contributed by atoms with E-state index in [9.17, 15) is 4.79 Å². The van der Waals surface area contributed by atoms with Gasteiger partial charge < -0.3 is 10.1 Å². The monoisotopic (exact) mass is 259 g/mol. The van der Waals surface area contributed by atoms with Crippen molar-refractivity contribution in [3.05, 3.63) is 48.0 Å². The van der Waals surface area contributed by atoms with Crippen LogP contribution in [0.25, 0.3) is 0 Å². The van der Waals surface area contributed by atoms with Crippen LogP contribution < -0.4 is 5.32 Å². The van der Waals surface area contributed by atoms with Crippen LogP contribution in [0.4, 0.5) is 0 Å². The van der Waals surface area contributed by atoms with E-state index in [0.717, 1.165) is 12.8 Å². The molecule has 102 valence electrons. The number of nitrogens with one attached hydrogen (secondary N) is 1. The van der Waals surface area contributed by atoms with Gasteiger partial charge in [-0.05, 0) is 17.5 Å². The third-order valence-corrected chi connectivity index (χ3v) is 3.76. The fourth-order valence-corrected chi connectivity index (χ4v) is 2.58. The predicted molar refractivity (Wildman–Crippen MR) is 76.0 cm³/mol. The Bertz CT molecular complexity index is 443. The molecule has 1 aliphatic rings. The first-order valence-corrected chi connectivity index (χ1v) is 6.69. The van der Waals surface area contributed by atoms with Gasteiger partial charge in [0, 0.05) is 32.9 Å². The molecule has 0 spiro atoms. The first-order valence-electron chi connectivity index (χ1n) is 6.69. The SMILES string of the molecule is C=CCCC(=O)NCC1(OC)Cc2ccccc2C1. The molecule has 0 bridgehead atoms. The zero-order chi connectivity index (χ0) is 13.7. The fourth-order valence-electron chi connectivity index (χ4n) is 2.58. The number of methoxy groups -OCH3 is 1. The molecule has 0 radical (unpaired) electrons. The summed E-state index contributed by atoms with van der Waals surface area (Å²) in [5, 5.41) is 2.97. The predicted octanol–water partition coefficient (Wildman–Crippen LogP) is 2.25. The van der Waals surface area contributed by atoms with Crippen molar-refractivity contribution in [3.63, 3.8) is 0 Å². The number of ether oxygens (including phenoxy) is 1. The van der Waals surface area contributed by atoms with Crippen LogP contribution in [0, 0.1) is 0 Å². The molecular weight excluding hydrogens is 238 g/mol. The number of rotatable bonds is 6. The molecule has 1 N–H and O–H groups in total. The van der Waals surface area contributed by atoms with E-state index in [1.807, 2.05) is 12.1 Å². The van der Waals surface area contributed by atoms with Gasteiger partial charge in [-0.3, -0.25) is 4.79 Å². The Morgan fingerprint density at radius 1 is 1.42 bits per heavy atom. The van der Waals surface area contributed by atoms with Crippen LogP contribution in [0.3, 0.4) is 0 Å². The molecule has 2 rings (SSSR count). The van der Waals surface area contributed by atoms with Gasteiger partial charge in [-0.1, -0.05) is 30.3 Å². The molecule has 1 aromatic carbocycles. The van der Waals surface area contributed by atoms with E-state index in [1.165, 1.54) is 11.1 Å². The molecule has 3 heteroatoms. The van der Waals surface area contributed by atoms with E-state index in [4.69, 9.17) is 4.74 Å². The summed E-state index contributed by atoms with van der Waals surface area (Å²) < 4.78 is 5.70. The van der Waals surface area contributed by atoms with Crippen LogP contribution in [0.15, 0.2) is 36.9 Å². The number of allylic oxidation sites excluding steroid dienone is 1. The van der Waals surface area contributed by atoms with Crippen LogP contribution >= 0.6 is 0 Å². The normalized spacial score (nSPS) is 15.8. The number of hydrogen-bond acceptors (Lipinski definition) is 2. The maximum Gasteiger partial charge on any atom is 0.220 e. The first-order chi connectivity index (χ1) is 9.19. The van der Waals surface area contributed by atoms with Crippen LogP contribution in [-0.2, 0) is 22.4 Å². The average molecular weight is 259 g/mol. The summed E-state index contributed by atoms with van der Waals surface area (Å²) in [5.74, 6) is 0.0623. The van der Waals surface area contributed by atoms with Gasteiger partial charge in [0.15, 0.2) is 0 Å². The minimum Gasteiger partial charge on any atom is -0.376 e. The molecule has 1 amide bonds. The number of benzene rings is 1. The Kier molecular flexibility index (Phi) is 4.38. The van der Waals surface area contributed by atoms with Crippen molar-refractivity contribution in [3.8, 4) is 0 Å². The minimum atomic E-state index is -0.284. The molecular formula is C16H21NO2. The largest absolute Gasteiger partial charge is 0.376 e. The quantitative estimate of drug-likeness (QED) is 0.796. The number of carbonyl (C=O) groups is 1. The van der Waals surface area contributed by atoms with Crippen molar-refractivity contribution in [2.24, 2.45) is 0 Å². The van der Waals surface area contributed by atoms with Crippen molar-refractivity contribution >= 4 is 5.91 Å². The number of fused-ring (bicyclic) bond motifs is 1. The van der Waals surface area contributed by atoms with E-state index < -0.39 is 0 Å². The lowest BCUT2D eigenvalue weighted by Crippen LogP contribution is -2.45. The lowest BCUT2D eigenvalue weighted by molar-refractivity contribution is -0.122. The van der Waals surface area contributed by atoms with E-state index in [2.05, 4.69) is 24.0 Å². The van der Waals surface area contributed by atoms with Gasteiger partial charge in [-0.25, -0.2) is 0 Å². The van der Waals surface area contributed by atoms with Crippen molar-refractivity contribution in [2.45, 2.75) is 31.3 Å². The highest BCUT2D eigenvalue weighted by molar-refractivity contribution is 5.76. The van der Waals surface area contributed by atoms with Gasteiger partial charge in [0.05, 0.1) is 5.60 Å². The van der Waals surface area contributed by atoms with Crippen molar-refractivity contribution in [2.75, 3.05) is 13.7 Å². The lowest BCUT2D eigenvalue weighted by Gasteiger charge is -2.27. The summed E-state index contributed by atoms with van der Waals surface area (Å²) in [6.07, 6.45) is 4.70. The van der Waals surface area contributed by atoms with Gasteiger partial charge in [0.2, 0.25) is 5.91 Å². The Hall–Kier alpha value is -1.61. The third kappa shape index (κ3) is 3.24. The molecule has 19 heavy (non-hydrogen) atoms. The van der Waals surface area contributed by atoms with Gasteiger partial charge in [0.25, 0.3) is 0 Å². The summed E-state index contributed by atoms with van der Waals surface area (Å²) in [6.45, 7) is 4.19. The molecule has 1 aliphatic carbocycles. The van der Waals surface area contributed by atoms with E-state index >= 15 is 0 Å². The van der Waals surface area contributed by atoms with Crippen LogP contribution in [-0.4, -0.2) is 25.2 Å². The van der Waals surface area contributed by atoms with Crippen molar-refractivity contribution in [1.82, 2.24) is 5.32 Å². The van der Waals surface area contributed by atoms with E-state index in [0.29, 0.717) is 19.4 Å². The number of hydrogen-bond donors (Lipinski definition) is 1. The zero-order valence-corrected chi connectivity index (χ0v) is 11.4. The third-order valence-electron chi connectivity index (χ3n) is 3.76. The van der Waals surface area contributed by atoms with Crippen LogP contribution in [0.1, 0.15) is 24.0 Å². The molecule has 0 aliphatic heterocycles. The molecule has 0 unspecified atom stereocenters. The smallest absolute Gasteiger partial charge is 0.220 e. The molecule has 0 fully saturated rings. The summed E-state index contributed by atoms with van der Waals surface area (Å²) in [7, 11) is 1.72. The second-order valence-corrected chi connectivity index (χ2v) is 5.11. The van der Waals surface area contributed by atoms with Crippen molar-refractivity contribution < 1.29 is 9.53 Å². The fraction of sp³-hybridized carbons (Fsp3) is 0.438. The van der Waals surface area contributed by atoms with Crippen LogP contribution in [0.2, 0.25) is 0 Å². The molecule has 0 saturated carbocycles. The second-order valence-electron chi connectivity index (χ2n) is 5.11. The summed E-state index contributed by atoms with van der Waals surface area (Å²) in [5.41, 5.74) is 2.36. The maximum absolute atomic E-state index is 11.7. The van der Waals surface area contributed by atoms with Gasteiger partial charge in [-0.15, -0.1) is 6.58 Å². The molecule has 0 heterocycles. The van der Waals surface area contributed by atoms with Crippen molar-refractivity contribution in [1.29, 1.82) is 0 Å². The lowest BCUT2D eigenvalue weighted by atomic mass is 10.00. The molecule has 1 aromatic rings. The minimum absolute atomic E-state index is 0.0623. The number of amides is 1. The second kappa shape index (κ2) is 6.02. The number of carbonyl (C=O) groups excluding carboxylic acids is 1. The van der Waals surface area contributed by atoms with Gasteiger partial charge in [0.1, 0.15) is 0 Å². The summed E-state index contributed by atoms with van der Waals surface area (Å²) in [6, 6.07) is 8.37. The average Bonchev–Trinajstić information content (AvgIpc) is 2.82. The Morgan fingerprint density at radius 3 is 2.58 bits per heavy atom. The summed E-state index contributed by atoms with van der Waals surface area (Å²) >= 11 is 0. The standard InChI is InChI=1S/C16H21NO2/c1-3-4-9-15(18)17-12-16(19-2)10-13-7-5-6-8-14(13)11-16/h3,5-8H,1,4,9-12H2,2H3,(H,17,18). The summed E-state index contributed by atoms with van der Waals surface area (Å²) in [4.78, 5) is 11.7. The Labute approximate surface area is 114 Å². The molecule has 0 saturated heterocycles. The molecule has 0 aromatic heterocycles. The molecule has 0 atom stereocenters. The zero-order valence-electron chi connectivity index (χ0n) is 11.4. The van der Waals surface area contributed by atoms with Gasteiger partial charge >= 0.3 is 0 Å². The van der Waals surface area contributed by atoms with E-state index in [-0.39, 0.29) is 11.5 Å². The van der Waals surface area contributed by atoms with Gasteiger partial charge in [-0.2, -0.15) is 0 Å². The maximum atomic E-state index is 11.7. The Morgan fingerprint density at radius 2 is 2.05 bits per heavy atom. The first kappa shape index (κ1) is 13.8. The highest BCUT2D eigenvalue weighted by Gasteiger charge is 2.37. The Balaban J connectivity index is 1.95. The topological polar surface area (TPSA) is 38.3 Å². The van der Waals surface area contributed by atoms with E-state index in [1.54, 1.807) is 13.2 Å². The molecule has 3 nitrogen and oxygen atoms in total. The highest BCUT2D eigenvalue weighted by Crippen LogP contribution is 2.32.